The first kappa shape index (κ1) is 13.3. The summed E-state index contributed by atoms with van der Waals surface area (Å²) in [5.41, 5.74) is 2.28. The van der Waals surface area contributed by atoms with Gasteiger partial charge in [-0.2, -0.15) is 4.37 Å². The molecule has 1 aromatic carbocycles. The van der Waals surface area contributed by atoms with Crippen molar-refractivity contribution in [2.45, 2.75) is 30.3 Å². The highest BCUT2D eigenvalue weighted by Crippen LogP contribution is 2.30. The molecule has 0 aliphatic carbocycles. The van der Waals surface area contributed by atoms with E-state index in [9.17, 15) is 0 Å². The minimum atomic E-state index is 0.788. The van der Waals surface area contributed by atoms with Crippen LogP contribution in [0.4, 0.5) is 0 Å². The molecule has 0 saturated heterocycles. The Hall–Kier alpha value is -1.73. The Morgan fingerprint density at radius 2 is 1.90 bits per heavy atom. The van der Waals surface area contributed by atoms with Crippen molar-refractivity contribution < 1.29 is 0 Å². The maximum atomic E-state index is 4.36. The molecule has 0 spiro atoms. The van der Waals surface area contributed by atoms with Crippen molar-refractivity contribution in [1.82, 2.24) is 24.1 Å². The van der Waals surface area contributed by atoms with Gasteiger partial charge in [0.1, 0.15) is 11.6 Å². The highest BCUT2D eigenvalue weighted by Gasteiger charge is 2.15. The number of para-hydroxylation sites is 1. The van der Waals surface area contributed by atoms with E-state index < -0.39 is 0 Å². The molecule has 0 fully saturated rings. The second-order valence-corrected chi connectivity index (χ2v) is 6.33. The zero-order valence-electron chi connectivity index (χ0n) is 11.4. The minimum Gasteiger partial charge on any atom is -0.274 e. The summed E-state index contributed by atoms with van der Waals surface area (Å²) in [6, 6.07) is 8.20. The fraction of sp³-hybridized carbons (Fsp3) is 0.231. The Morgan fingerprint density at radius 1 is 1.10 bits per heavy atom. The molecule has 0 atom stereocenters. The lowest BCUT2D eigenvalue weighted by molar-refractivity contribution is 0.861. The molecule has 2 aromatic heterocycles. The minimum absolute atomic E-state index is 0.788. The third kappa shape index (κ3) is 2.46. The van der Waals surface area contributed by atoms with Gasteiger partial charge in [-0.3, -0.25) is 4.57 Å². The van der Waals surface area contributed by atoms with Gasteiger partial charge >= 0.3 is 0 Å². The monoisotopic (exact) mass is 303 g/mol. The lowest BCUT2D eigenvalue weighted by atomic mass is 10.2. The molecule has 0 unspecified atom stereocenters. The van der Waals surface area contributed by atoms with Crippen LogP contribution in [-0.4, -0.2) is 24.1 Å². The molecule has 0 aliphatic heterocycles. The lowest BCUT2D eigenvalue weighted by Gasteiger charge is -2.10. The third-order valence-corrected chi connectivity index (χ3v) is 4.63. The van der Waals surface area contributed by atoms with Gasteiger partial charge in [-0.25, -0.2) is 4.98 Å². The smallest absolute Gasteiger partial charge is 0.202 e. The summed E-state index contributed by atoms with van der Waals surface area (Å²) in [6.07, 6.45) is 0. The summed E-state index contributed by atoms with van der Waals surface area (Å²) >= 11 is 2.88. The molecule has 20 heavy (non-hydrogen) atoms. The third-order valence-electron chi connectivity index (χ3n) is 2.84. The van der Waals surface area contributed by atoms with Gasteiger partial charge in [-0.15, -0.1) is 10.2 Å². The number of hydrogen-bond acceptors (Lipinski definition) is 6. The molecule has 5 nitrogen and oxygen atoms in total. The van der Waals surface area contributed by atoms with Crippen molar-refractivity contribution in [3.05, 3.63) is 41.5 Å². The van der Waals surface area contributed by atoms with Crippen LogP contribution in [0.1, 0.15) is 17.2 Å². The molecule has 7 heteroatoms. The first-order valence-corrected chi connectivity index (χ1v) is 7.70. The number of aromatic nitrogens is 5. The molecule has 0 saturated carbocycles. The zero-order chi connectivity index (χ0) is 14.1. The highest BCUT2D eigenvalue weighted by molar-refractivity contribution is 8.00. The van der Waals surface area contributed by atoms with Gasteiger partial charge < -0.3 is 0 Å². The number of rotatable bonds is 3. The van der Waals surface area contributed by atoms with E-state index in [0.29, 0.717) is 0 Å². The van der Waals surface area contributed by atoms with Gasteiger partial charge in [0.05, 0.1) is 5.69 Å². The first-order valence-electron chi connectivity index (χ1n) is 6.11. The maximum absolute atomic E-state index is 4.36. The molecule has 2 heterocycles. The summed E-state index contributed by atoms with van der Waals surface area (Å²) in [5, 5.41) is 9.25. The molecule has 3 aromatic rings. The van der Waals surface area contributed by atoms with Gasteiger partial charge in [0.15, 0.2) is 4.34 Å². The fourth-order valence-corrected chi connectivity index (χ4v) is 3.54. The molecule has 0 amide bonds. The average Bonchev–Trinajstić information content (AvgIpc) is 2.98. The lowest BCUT2D eigenvalue weighted by Crippen LogP contribution is -2.01. The SMILES string of the molecule is Cc1nsc(Sc2nnc(C)n2-c2ccccc2C)n1. The van der Waals surface area contributed by atoms with Crippen molar-refractivity contribution in [2.24, 2.45) is 0 Å². The molecular weight excluding hydrogens is 290 g/mol. The van der Waals surface area contributed by atoms with E-state index in [-0.39, 0.29) is 0 Å². The largest absolute Gasteiger partial charge is 0.274 e. The molecule has 0 radical (unpaired) electrons. The van der Waals surface area contributed by atoms with Crippen LogP contribution in [0.2, 0.25) is 0 Å². The standard InChI is InChI=1S/C13H13N5S2/c1-8-6-4-5-7-11(8)18-10(3)15-16-12(18)19-13-14-9(2)17-20-13/h4-7H,1-3H3. The van der Waals surface area contributed by atoms with Gasteiger partial charge in [0.25, 0.3) is 0 Å². The zero-order valence-corrected chi connectivity index (χ0v) is 13.0. The van der Waals surface area contributed by atoms with E-state index in [1.54, 1.807) is 0 Å². The number of hydrogen-bond donors (Lipinski definition) is 0. The number of nitrogens with zero attached hydrogens (tertiary/aromatic N) is 5. The second-order valence-electron chi connectivity index (χ2n) is 4.36. The van der Waals surface area contributed by atoms with Crippen LogP contribution < -0.4 is 0 Å². The van der Waals surface area contributed by atoms with E-state index in [1.165, 1.54) is 28.9 Å². The van der Waals surface area contributed by atoms with Crippen LogP contribution in [0.5, 0.6) is 0 Å². The van der Waals surface area contributed by atoms with Gasteiger partial charge in [0.2, 0.25) is 5.16 Å². The Kier molecular flexibility index (Phi) is 3.54. The highest BCUT2D eigenvalue weighted by atomic mass is 32.2. The second kappa shape index (κ2) is 5.34. The normalized spacial score (nSPS) is 10.9. The van der Waals surface area contributed by atoms with Gasteiger partial charge in [-0.1, -0.05) is 18.2 Å². The first-order chi connectivity index (χ1) is 9.65. The van der Waals surface area contributed by atoms with Crippen molar-refractivity contribution >= 4 is 23.3 Å². The predicted octanol–water partition coefficient (Wildman–Crippen LogP) is 3.20. The summed E-state index contributed by atoms with van der Waals surface area (Å²) in [4.78, 5) is 4.36. The molecule has 0 bridgehead atoms. The van der Waals surface area contributed by atoms with Crippen LogP contribution in [-0.2, 0) is 0 Å². The molecule has 0 N–H and O–H groups in total. The quantitative estimate of drug-likeness (QED) is 0.743. The van der Waals surface area contributed by atoms with Crippen molar-refractivity contribution in [1.29, 1.82) is 0 Å². The summed E-state index contributed by atoms with van der Waals surface area (Å²) in [6.45, 7) is 5.92. The van der Waals surface area contributed by atoms with Crippen LogP contribution >= 0.6 is 23.3 Å². The van der Waals surface area contributed by atoms with E-state index in [4.69, 9.17) is 0 Å². The Balaban J connectivity index is 2.04. The Bertz CT molecular complexity index is 747. The predicted molar refractivity (Wildman–Crippen MR) is 79.6 cm³/mol. The van der Waals surface area contributed by atoms with E-state index >= 15 is 0 Å². The summed E-state index contributed by atoms with van der Waals surface area (Å²) in [7, 11) is 0. The van der Waals surface area contributed by atoms with Crippen LogP contribution in [0.15, 0.2) is 33.8 Å². The molecular formula is C13H13N5S2. The van der Waals surface area contributed by atoms with Crippen LogP contribution in [0, 0.1) is 20.8 Å². The van der Waals surface area contributed by atoms with Crippen molar-refractivity contribution in [2.75, 3.05) is 0 Å². The molecule has 3 rings (SSSR count). The van der Waals surface area contributed by atoms with Crippen LogP contribution in [0.3, 0.4) is 0 Å². The Morgan fingerprint density at radius 3 is 2.60 bits per heavy atom. The Labute approximate surface area is 125 Å². The topological polar surface area (TPSA) is 56.5 Å². The average molecular weight is 303 g/mol. The number of benzene rings is 1. The van der Waals surface area contributed by atoms with Crippen LogP contribution in [0.25, 0.3) is 5.69 Å². The van der Waals surface area contributed by atoms with E-state index in [1.807, 2.05) is 26.0 Å². The summed E-state index contributed by atoms with van der Waals surface area (Å²) < 4.78 is 7.12. The van der Waals surface area contributed by atoms with Crippen molar-refractivity contribution in [3.8, 4) is 5.69 Å². The van der Waals surface area contributed by atoms with E-state index in [2.05, 4.69) is 43.2 Å². The molecule has 0 aliphatic rings. The number of aryl methyl sites for hydroxylation is 3. The maximum Gasteiger partial charge on any atom is 0.202 e. The summed E-state index contributed by atoms with van der Waals surface area (Å²) in [5.74, 6) is 1.65. The van der Waals surface area contributed by atoms with E-state index in [0.717, 1.165) is 26.8 Å². The van der Waals surface area contributed by atoms with Gasteiger partial charge in [-0.05, 0) is 55.7 Å². The fourth-order valence-electron chi connectivity index (χ4n) is 1.90. The molecule has 102 valence electrons. The van der Waals surface area contributed by atoms with Gasteiger partial charge in [0, 0.05) is 0 Å². The van der Waals surface area contributed by atoms with Crippen molar-refractivity contribution in [3.63, 3.8) is 0 Å².